The second-order valence-electron chi connectivity index (χ2n) is 4.62. The van der Waals surface area contributed by atoms with Crippen LogP contribution in [0, 0.1) is 5.92 Å². The summed E-state index contributed by atoms with van der Waals surface area (Å²) in [7, 11) is 1.82. The number of nitrogens with zero attached hydrogens (tertiary/aromatic N) is 2. The number of aryl methyl sites for hydroxylation is 1. The maximum atomic E-state index is 11.0. The first-order valence-corrected chi connectivity index (χ1v) is 6.36. The lowest BCUT2D eigenvalue weighted by Crippen LogP contribution is -2.13. The van der Waals surface area contributed by atoms with Gasteiger partial charge in [0.2, 0.25) is 0 Å². The molecule has 1 unspecified atom stereocenters. The van der Waals surface area contributed by atoms with E-state index in [4.69, 9.17) is 16.7 Å². The third kappa shape index (κ3) is 3.15. The number of carbonyl (C=O) groups is 1. The van der Waals surface area contributed by atoms with E-state index in [2.05, 4.69) is 5.10 Å². The Morgan fingerprint density at radius 1 is 1.53 bits per heavy atom. The minimum atomic E-state index is -0.817. The van der Waals surface area contributed by atoms with Crippen LogP contribution in [0.15, 0.2) is 30.5 Å². The number of benzene rings is 1. The second-order valence-corrected chi connectivity index (χ2v) is 5.05. The maximum Gasteiger partial charge on any atom is 0.306 e. The number of rotatable bonds is 4. The van der Waals surface area contributed by atoms with E-state index in [0.29, 0.717) is 11.4 Å². The van der Waals surface area contributed by atoms with Gasteiger partial charge < -0.3 is 5.11 Å². The Hall–Kier alpha value is -1.81. The molecule has 2 rings (SSSR count). The molecule has 0 aliphatic carbocycles. The van der Waals surface area contributed by atoms with Gasteiger partial charge in [0.15, 0.2) is 0 Å². The van der Waals surface area contributed by atoms with Crippen LogP contribution < -0.4 is 0 Å². The van der Waals surface area contributed by atoms with Gasteiger partial charge in [0.1, 0.15) is 0 Å². The maximum absolute atomic E-state index is 11.0. The third-order valence-corrected chi connectivity index (χ3v) is 3.20. The fourth-order valence-corrected chi connectivity index (χ4v) is 2.15. The number of carboxylic acids is 1. The van der Waals surface area contributed by atoms with Crippen LogP contribution in [0.2, 0.25) is 5.02 Å². The standard InChI is InChI=1S/C14H15ClN2O2/c1-9(14(18)19)6-13-12(8-17(2)16-13)10-4-3-5-11(15)7-10/h3-5,7-9H,6H2,1-2H3,(H,18,19). The van der Waals surface area contributed by atoms with Gasteiger partial charge in [-0.3, -0.25) is 9.48 Å². The van der Waals surface area contributed by atoms with Gasteiger partial charge in [0.25, 0.3) is 0 Å². The van der Waals surface area contributed by atoms with Crippen LogP contribution in [0.3, 0.4) is 0 Å². The van der Waals surface area contributed by atoms with E-state index in [0.717, 1.165) is 16.8 Å². The zero-order valence-corrected chi connectivity index (χ0v) is 11.6. The van der Waals surface area contributed by atoms with Gasteiger partial charge in [-0.1, -0.05) is 30.7 Å². The highest BCUT2D eigenvalue weighted by molar-refractivity contribution is 6.30. The molecule has 1 N–H and O–H groups in total. The first-order chi connectivity index (χ1) is 8.97. The molecule has 100 valence electrons. The predicted octanol–water partition coefficient (Wildman–Crippen LogP) is 3.00. The van der Waals surface area contributed by atoms with Gasteiger partial charge in [0, 0.05) is 30.3 Å². The lowest BCUT2D eigenvalue weighted by Gasteiger charge is -2.06. The summed E-state index contributed by atoms with van der Waals surface area (Å²) in [6, 6.07) is 7.47. The molecule has 0 saturated heterocycles. The molecular formula is C14H15ClN2O2. The normalized spacial score (nSPS) is 12.4. The highest BCUT2D eigenvalue weighted by Gasteiger charge is 2.17. The molecule has 0 aliphatic rings. The van der Waals surface area contributed by atoms with E-state index >= 15 is 0 Å². The molecule has 19 heavy (non-hydrogen) atoms. The van der Waals surface area contributed by atoms with Gasteiger partial charge in [-0.15, -0.1) is 0 Å². The topological polar surface area (TPSA) is 55.1 Å². The number of aromatic nitrogens is 2. The molecule has 0 radical (unpaired) electrons. The molecule has 1 atom stereocenters. The number of hydrogen-bond donors (Lipinski definition) is 1. The van der Waals surface area contributed by atoms with Crippen LogP contribution in [0.1, 0.15) is 12.6 Å². The van der Waals surface area contributed by atoms with Crippen molar-refractivity contribution in [3.8, 4) is 11.1 Å². The molecule has 4 nitrogen and oxygen atoms in total. The van der Waals surface area contributed by atoms with Crippen LogP contribution >= 0.6 is 11.6 Å². The lowest BCUT2D eigenvalue weighted by atomic mass is 9.99. The van der Waals surface area contributed by atoms with E-state index in [9.17, 15) is 4.79 Å². The summed E-state index contributed by atoms with van der Waals surface area (Å²) in [5.74, 6) is -1.28. The number of hydrogen-bond acceptors (Lipinski definition) is 2. The fraction of sp³-hybridized carbons (Fsp3) is 0.286. The first kappa shape index (κ1) is 13.6. The summed E-state index contributed by atoms with van der Waals surface area (Å²) < 4.78 is 1.69. The molecule has 1 aromatic heterocycles. The Morgan fingerprint density at radius 3 is 2.89 bits per heavy atom. The Morgan fingerprint density at radius 2 is 2.26 bits per heavy atom. The van der Waals surface area contributed by atoms with Crippen LogP contribution in [-0.4, -0.2) is 20.9 Å². The Bertz CT molecular complexity index is 607. The van der Waals surface area contributed by atoms with Crippen LogP contribution in [0.5, 0.6) is 0 Å². The Balaban J connectivity index is 2.38. The van der Waals surface area contributed by atoms with Crippen LogP contribution in [-0.2, 0) is 18.3 Å². The fourth-order valence-electron chi connectivity index (χ4n) is 1.96. The van der Waals surface area contributed by atoms with Gasteiger partial charge in [-0.05, 0) is 17.7 Å². The van der Waals surface area contributed by atoms with Gasteiger partial charge in [-0.25, -0.2) is 0 Å². The number of halogens is 1. The van der Waals surface area contributed by atoms with Crippen molar-refractivity contribution >= 4 is 17.6 Å². The van der Waals surface area contributed by atoms with Gasteiger partial charge in [0.05, 0.1) is 11.6 Å². The average molecular weight is 279 g/mol. The number of carboxylic acid groups (broad SMARTS) is 1. The molecule has 1 heterocycles. The highest BCUT2D eigenvalue weighted by atomic mass is 35.5. The minimum Gasteiger partial charge on any atom is -0.481 e. The summed E-state index contributed by atoms with van der Waals surface area (Å²) >= 11 is 5.99. The van der Waals surface area contributed by atoms with Gasteiger partial charge in [-0.2, -0.15) is 5.10 Å². The van der Waals surface area contributed by atoms with Crippen molar-refractivity contribution in [2.45, 2.75) is 13.3 Å². The largest absolute Gasteiger partial charge is 0.481 e. The van der Waals surface area contributed by atoms with Crippen molar-refractivity contribution in [1.82, 2.24) is 9.78 Å². The van der Waals surface area contributed by atoms with Crippen molar-refractivity contribution in [3.05, 3.63) is 41.2 Å². The summed E-state index contributed by atoms with van der Waals surface area (Å²) in [5, 5.41) is 14.0. The summed E-state index contributed by atoms with van der Waals surface area (Å²) in [5.41, 5.74) is 2.66. The van der Waals surface area contributed by atoms with Crippen molar-refractivity contribution in [2.75, 3.05) is 0 Å². The molecular weight excluding hydrogens is 264 g/mol. The first-order valence-electron chi connectivity index (χ1n) is 5.98. The SMILES string of the molecule is CC(Cc1nn(C)cc1-c1cccc(Cl)c1)C(=O)O. The molecule has 0 bridgehead atoms. The Kier molecular flexibility index (Phi) is 3.90. The van der Waals surface area contributed by atoms with Gasteiger partial charge >= 0.3 is 5.97 Å². The molecule has 2 aromatic rings. The second kappa shape index (κ2) is 5.45. The third-order valence-electron chi connectivity index (χ3n) is 2.96. The predicted molar refractivity (Wildman–Crippen MR) is 74.2 cm³/mol. The molecule has 0 fully saturated rings. The van der Waals surface area contributed by atoms with E-state index < -0.39 is 11.9 Å². The van der Waals surface area contributed by atoms with Crippen LogP contribution in [0.4, 0.5) is 0 Å². The number of aliphatic carboxylic acids is 1. The molecule has 0 amide bonds. The quantitative estimate of drug-likeness (QED) is 0.935. The average Bonchev–Trinajstić information content (AvgIpc) is 2.70. The van der Waals surface area contributed by atoms with Crippen molar-refractivity contribution in [2.24, 2.45) is 13.0 Å². The zero-order valence-electron chi connectivity index (χ0n) is 10.8. The molecule has 0 aliphatic heterocycles. The molecule has 0 spiro atoms. The zero-order chi connectivity index (χ0) is 14.0. The van der Waals surface area contributed by atoms with E-state index in [1.54, 1.807) is 17.7 Å². The Labute approximate surface area is 116 Å². The van der Waals surface area contributed by atoms with Crippen molar-refractivity contribution in [3.63, 3.8) is 0 Å². The molecule has 5 heteroatoms. The summed E-state index contributed by atoms with van der Waals surface area (Å²) in [4.78, 5) is 11.0. The monoisotopic (exact) mass is 278 g/mol. The lowest BCUT2D eigenvalue weighted by molar-refractivity contribution is -0.141. The minimum absolute atomic E-state index is 0.401. The summed E-state index contributed by atoms with van der Waals surface area (Å²) in [6.07, 6.45) is 2.29. The van der Waals surface area contributed by atoms with Crippen LogP contribution in [0.25, 0.3) is 11.1 Å². The highest BCUT2D eigenvalue weighted by Crippen LogP contribution is 2.27. The van der Waals surface area contributed by atoms with Crippen molar-refractivity contribution in [1.29, 1.82) is 0 Å². The summed E-state index contributed by atoms with van der Waals surface area (Å²) in [6.45, 7) is 1.68. The molecule has 1 aromatic carbocycles. The van der Waals surface area contributed by atoms with E-state index in [-0.39, 0.29) is 0 Å². The molecule has 0 saturated carbocycles. The van der Waals surface area contributed by atoms with Crippen molar-refractivity contribution < 1.29 is 9.90 Å². The smallest absolute Gasteiger partial charge is 0.306 e. The van der Waals surface area contributed by atoms with E-state index in [1.807, 2.05) is 31.4 Å². The van der Waals surface area contributed by atoms with E-state index in [1.165, 1.54) is 0 Å².